The summed E-state index contributed by atoms with van der Waals surface area (Å²) < 4.78 is 50.2. The molecule has 1 saturated heterocycles. The van der Waals surface area contributed by atoms with E-state index in [9.17, 15) is 13.2 Å². The number of guanidine groups is 1. The van der Waals surface area contributed by atoms with Gasteiger partial charge in [-0.25, -0.2) is 0 Å². The van der Waals surface area contributed by atoms with Crippen LogP contribution in [-0.2, 0) is 21.1 Å². The van der Waals surface area contributed by atoms with Crippen LogP contribution in [0.5, 0.6) is 0 Å². The number of nitrogens with zero attached hydrogens (tertiary/aromatic N) is 1. The zero-order chi connectivity index (χ0) is 19.8. The number of halogens is 3. The standard InChI is InChI=1S/C19H28F3N3O2/c1-3-26-12-9-24-17(23-2)25-14-18(7-10-27-11-8-18)15-5-4-6-16(13-15)19(20,21)22/h4-6,13H,3,7-12,14H2,1-2H3,(H2,23,24,25). The molecule has 2 N–H and O–H groups in total. The topological polar surface area (TPSA) is 54.9 Å². The molecule has 0 aliphatic carbocycles. The lowest BCUT2D eigenvalue weighted by molar-refractivity contribution is -0.137. The summed E-state index contributed by atoms with van der Waals surface area (Å²) in [6, 6.07) is 5.62. The van der Waals surface area contributed by atoms with Gasteiger partial charge in [0.15, 0.2) is 5.96 Å². The van der Waals surface area contributed by atoms with Crippen molar-refractivity contribution in [2.45, 2.75) is 31.4 Å². The van der Waals surface area contributed by atoms with Crippen LogP contribution in [0.2, 0.25) is 0 Å². The first-order valence-corrected chi connectivity index (χ1v) is 9.19. The van der Waals surface area contributed by atoms with Crippen LogP contribution >= 0.6 is 0 Å². The summed E-state index contributed by atoms with van der Waals surface area (Å²) in [7, 11) is 1.66. The van der Waals surface area contributed by atoms with Gasteiger partial charge in [-0.2, -0.15) is 13.2 Å². The molecule has 1 fully saturated rings. The van der Waals surface area contributed by atoms with E-state index in [2.05, 4.69) is 15.6 Å². The predicted octanol–water partition coefficient (Wildman–Crippen LogP) is 2.96. The molecule has 152 valence electrons. The van der Waals surface area contributed by atoms with Gasteiger partial charge in [-0.3, -0.25) is 4.99 Å². The monoisotopic (exact) mass is 387 g/mol. The Labute approximate surface area is 158 Å². The molecule has 1 aliphatic rings. The maximum Gasteiger partial charge on any atom is 0.416 e. The van der Waals surface area contributed by atoms with Gasteiger partial charge in [0, 0.05) is 45.4 Å². The summed E-state index contributed by atoms with van der Waals surface area (Å²) in [5, 5.41) is 6.41. The molecule has 0 bridgehead atoms. The van der Waals surface area contributed by atoms with E-state index in [-0.39, 0.29) is 0 Å². The first-order valence-electron chi connectivity index (χ1n) is 9.19. The Morgan fingerprint density at radius 2 is 2.00 bits per heavy atom. The third-order valence-electron chi connectivity index (χ3n) is 4.81. The van der Waals surface area contributed by atoms with Crippen LogP contribution in [-0.4, -0.2) is 52.5 Å². The van der Waals surface area contributed by atoms with Gasteiger partial charge in [0.25, 0.3) is 0 Å². The zero-order valence-corrected chi connectivity index (χ0v) is 15.9. The van der Waals surface area contributed by atoms with Crippen molar-refractivity contribution in [1.82, 2.24) is 10.6 Å². The average Bonchev–Trinajstić information content (AvgIpc) is 2.67. The van der Waals surface area contributed by atoms with Crippen LogP contribution in [0.4, 0.5) is 13.2 Å². The molecule has 0 saturated carbocycles. The molecule has 0 unspecified atom stereocenters. The zero-order valence-electron chi connectivity index (χ0n) is 15.9. The van der Waals surface area contributed by atoms with Gasteiger partial charge in [-0.1, -0.05) is 18.2 Å². The van der Waals surface area contributed by atoms with Crippen molar-refractivity contribution in [2.24, 2.45) is 4.99 Å². The van der Waals surface area contributed by atoms with Crippen molar-refractivity contribution >= 4 is 5.96 Å². The minimum Gasteiger partial charge on any atom is -0.381 e. The SMILES string of the molecule is CCOCCNC(=NC)NCC1(c2cccc(C(F)(F)F)c2)CCOCC1. The number of hydrogen-bond acceptors (Lipinski definition) is 3. The van der Waals surface area contributed by atoms with Gasteiger partial charge in [0.05, 0.1) is 12.2 Å². The molecule has 8 heteroatoms. The van der Waals surface area contributed by atoms with Gasteiger partial charge in [-0.05, 0) is 31.4 Å². The number of alkyl halides is 3. The molecule has 1 aliphatic heterocycles. The predicted molar refractivity (Wildman–Crippen MR) is 99.0 cm³/mol. The van der Waals surface area contributed by atoms with E-state index in [4.69, 9.17) is 9.47 Å². The summed E-state index contributed by atoms with van der Waals surface area (Å²) in [6.45, 7) is 5.26. The number of rotatable bonds is 7. The highest BCUT2D eigenvalue weighted by Crippen LogP contribution is 2.37. The van der Waals surface area contributed by atoms with Gasteiger partial charge in [0.2, 0.25) is 0 Å². The molecule has 1 heterocycles. The molecule has 0 atom stereocenters. The third-order valence-corrected chi connectivity index (χ3v) is 4.81. The summed E-state index contributed by atoms with van der Waals surface area (Å²) >= 11 is 0. The largest absolute Gasteiger partial charge is 0.416 e. The summed E-state index contributed by atoms with van der Waals surface area (Å²) in [6.07, 6.45) is -3.05. The highest BCUT2D eigenvalue weighted by atomic mass is 19.4. The number of ether oxygens (including phenoxy) is 2. The van der Waals surface area contributed by atoms with Crippen LogP contribution in [0, 0.1) is 0 Å². The molecular formula is C19H28F3N3O2. The maximum atomic E-state index is 13.1. The second kappa shape index (κ2) is 9.94. The smallest absolute Gasteiger partial charge is 0.381 e. The molecular weight excluding hydrogens is 359 g/mol. The fraction of sp³-hybridized carbons (Fsp3) is 0.632. The summed E-state index contributed by atoms with van der Waals surface area (Å²) in [4.78, 5) is 4.18. The van der Waals surface area contributed by atoms with Gasteiger partial charge < -0.3 is 20.1 Å². The first kappa shape index (κ1) is 21.5. The number of aliphatic imine (C=N–C) groups is 1. The van der Waals surface area contributed by atoms with Crippen LogP contribution in [0.1, 0.15) is 30.9 Å². The molecule has 0 aromatic heterocycles. The number of benzene rings is 1. The highest BCUT2D eigenvalue weighted by Gasteiger charge is 2.37. The molecule has 2 rings (SSSR count). The van der Waals surface area contributed by atoms with E-state index in [0.29, 0.717) is 63.9 Å². The van der Waals surface area contributed by atoms with Crippen LogP contribution in [0.15, 0.2) is 29.3 Å². The fourth-order valence-electron chi connectivity index (χ4n) is 3.21. The quantitative estimate of drug-likeness (QED) is 0.429. The Hall–Kier alpha value is -1.80. The van der Waals surface area contributed by atoms with Crippen LogP contribution < -0.4 is 10.6 Å². The van der Waals surface area contributed by atoms with E-state index in [1.807, 2.05) is 6.92 Å². The summed E-state index contributed by atoms with van der Waals surface area (Å²) in [5.41, 5.74) is -0.375. The molecule has 0 amide bonds. The highest BCUT2D eigenvalue weighted by molar-refractivity contribution is 5.79. The van der Waals surface area contributed by atoms with E-state index >= 15 is 0 Å². The van der Waals surface area contributed by atoms with Gasteiger partial charge >= 0.3 is 6.18 Å². The molecule has 0 radical (unpaired) electrons. The van der Waals surface area contributed by atoms with Crippen molar-refractivity contribution < 1.29 is 22.6 Å². The fourth-order valence-corrected chi connectivity index (χ4v) is 3.21. The van der Waals surface area contributed by atoms with Crippen molar-refractivity contribution in [3.05, 3.63) is 35.4 Å². The van der Waals surface area contributed by atoms with E-state index in [0.717, 1.165) is 6.07 Å². The molecule has 1 aromatic rings. The minimum absolute atomic E-state index is 0.433. The Balaban J connectivity index is 2.12. The number of hydrogen-bond donors (Lipinski definition) is 2. The van der Waals surface area contributed by atoms with Crippen molar-refractivity contribution in [3.8, 4) is 0 Å². The average molecular weight is 387 g/mol. The van der Waals surface area contributed by atoms with Gasteiger partial charge in [0.1, 0.15) is 0 Å². The normalized spacial score (nSPS) is 17.6. The second-order valence-electron chi connectivity index (χ2n) is 6.52. The second-order valence-corrected chi connectivity index (χ2v) is 6.52. The van der Waals surface area contributed by atoms with Crippen LogP contribution in [0.3, 0.4) is 0 Å². The third kappa shape index (κ3) is 6.10. The lowest BCUT2D eigenvalue weighted by Crippen LogP contribution is -2.48. The Morgan fingerprint density at radius 3 is 2.63 bits per heavy atom. The minimum atomic E-state index is -4.35. The molecule has 27 heavy (non-hydrogen) atoms. The van der Waals surface area contributed by atoms with Crippen molar-refractivity contribution in [3.63, 3.8) is 0 Å². The molecule has 1 aromatic carbocycles. The lowest BCUT2D eigenvalue weighted by Gasteiger charge is -2.38. The maximum absolute atomic E-state index is 13.1. The molecule has 0 spiro atoms. The van der Waals surface area contributed by atoms with E-state index in [1.165, 1.54) is 12.1 Å². The van der Waals surface area contributed by atoms with Gasteiger partial charge in [-0.15, -0.1) is 0 Å². The van der Waals surface area contributed by atoms with Crippen molar-refractivity contribution in [1.29, 1.82) is 0 Å². The Morgan fingerprint density at radius 1 is 1.26 bits per heavy atom. The van der Waals surface area contributed by atoms with Crippen molar-refractivity contribution in [2.75, 3.05) is 46.6 Å². The summed E-state index contributed by atoms with van der Waals surface area (Å²) in [5.74, 6) is 0.604. The Bertz CT molecular complexity index is 614. The van der Waals surface area contributed by atoms with E-state index in [1.54, 1.807) is 13.1 Å². The first-order chi connectivity index (χ1) is 12.9. The van der Waals surface area contributed by atoms with Crippen LogP contribution in [0.25, 0.3) is 0 Å². The Kier molecular flexibility index (Phi) is 7.91. The molecule has 5 nitrogen and oxygen atoms in total. The lowest BCUT2D eigenvalue weighted by atomic mass is 9.73. The number of nitrogens with one attached hydrogen (secondary N) is 2. The van der Waals surface area contributed by atoms with E-state index < -0.39 is 17.2 Å².